The fourth-order valence-electron chi connectivity index (χ4n) is 3.53. The fourth-order valence-corrected chi connectivity index (χ4v) is 3.53. The van der Waals surface area contributed by atoms with Crippen molar-refractivity contribution in [2.75, 3.05) is 32.7 Å². The largest absolute Gasteiger partial charge is 0.417 e. The molecule has 2 aromatic carbocycles. The minimum atomic E-state index is -0.623. The Morgan fingerprint density at radius 2 is 1.75 bits per heavy atom. The van der Waals surface area contributed by atoms with Gasteiger partial charge in [0.05, 0.1) is 5.39 Å². The zero-order valence-electron chi connectivity index (χ0n) is 15.4. The Hall–Kier alpha value is -2.99. The second-order valence-electron chi connectivity index (χ2n) is 7.00. The van der Waals surface area contributed by atoms with Crippen LogP contribution in [0.3, 0.4) is 0 Å². The Kier molecular flexibility index (Phi) is 5.21. The summed E-state index contributed by atoms with van der Waals surface area (Å²) in [7, 11) is 0. The molecule has 1 amide bonds. The summed E-state index contributed by atoms with van der Waals surface area (Å²) < 4.78 is 18.7. The monoisotopic (exact) mass is 380 g/mol. The molecule has 0 atom stereocenters. The van der Waals surface area contributed by atoms with Crippen LogP contribution in [-0.4, -0.2) is 48.4 Å². The van der Waals surface area contributed by atoms with Gasteiger partial charge in [0.25, 0.3) is 5.91 Å². The summed E-state index contributed by atoms with van der Waals surface area (Å²) in [5.41, 5.74) is 0.675. The van der Waals surface area contributed by atoms with E-state index in [4.69, 9.17) is 4.42 Å². The molecule has 4 rings (SSSR count). The number of carbonyl (C=O) groups excluding carboxylic acids is 1. The SMILES string of the molecule is O=C(c1cc2cc(F)ccc2c(=O)o1)N1CCN(CCc2ccccc2)CC1. The highest BCUT2D eigenvalue weighted by Gasteiger charge is 2.24. The van der Waals surface area contributed by atoms with Crippen LogP contribution in [0.1, 0.15) is 16.1 Å². The number of fused-ring (bicyclic) bond motifs is 1. The molecule has 1 aliphatic rings. The lowest BCUT2D eigenvalue weighted by atomic mass is 10.1. The quantitative estimate of drug-likeness (QED) is 0.698. The highest BCUT2D eigenvalue weighted by Crippen LogP contribution is 2.16. The molecule has 2 heterocycles. The summed E-state index contributed by atoms with van der Waals surface area (Å²) in [6.45, 7) is 3.61. The Bertz CT molecular complexity index is 1040. The summed E-state index contributed by atoms with van der Waals surface area (Å²) in [4.78, 5) is 28.9. The van der Waals surface area contributed by atoms with Gasteiger partial charge >= 0.3 is 5.63 Å². The zero-order chi connectivity index (χ0) is 19.5. The predicted octanol–water partition coefficient (Wildman–Crippen LogP) is 2.93. The van der Waals surface area contributed by atoms with E-state index in [0.29, 0.717) is 18.5 Å². The molecule has 0 saturated carbocycles. The van der Waals surface area contributed by atoms with Crippen molar-refractivity contribution in [2.45, 2.75) is 6.42 Å². The van der Waals surface area contributed by atoms with E-state index in [-0.39, 0.29) is 17.1 Å². The number of halogens is 1. The predicted molar refractivity (Wildman–Crippen MR) is 105 cm³/mol. The molecule has 5 nitrogen and oxygen atoms in total. The molecular weight excluding hydrogens is 359 g/mol. The number of hydrogen-bond donors (Lipinski definition) is 0. The van der Waals surface area contributed by atoms with Crippen molar-refractivity contribution in [1.82, 2.24) is 9.80 Å². The number of piperazine rings is 1. The normalized spacial score (nSPS) is 15.1. The van der Waals surface area contributed by atoms with Crippen LogP contribution in [0.4, 0.5) is 4.39 Å². The number of amides is 1. The van der Waals surface area contributed by atoms with E-state index in [1.165, 1.54) is 29.8 Å². The molecule has 144 valence electrons. The molecule has 0 N–H and O–H groups in total. The highest BCUT2D eigenvalue weighted by atomic mass is 19.1. The Labute approximate surface area is 162 Å². The Balaban J connectivity index is 1.40. The number of hydrogen-bond acceptors (Lipinski definition) is 4. The summed E-state index contributed by atoms with van der Waals surface area (Å²) in [5, 5.41) is 0.643. The third-order valence-electron chi connectivity index (χ3n) is 5.15. The number of nitrogens with zero attached hydrogens (tertiary/aromatic N) is 2. The minimum absolute atomic E-state index is 0.0409. The van der Waals surface area contributed by atoms with E-state index in [9.17, 15) is 14.0 Å². The molecule has 0 unspecified atom stereocenters. The third-order valence-corrected chi connectivity index (χ3v) is 5.15. The second kappa shape index (κ2) is 7.94. The van der Waals surface area contributed by atoms with Gasteiger partial charge in [-0.2, -0.15) is 0 Å². The van der Waals surface area contributed by atoms with E-state index in [1.54, 1.807) is 4.90 Å². The molecule has 0 radical (unpaired) electrons. The van der Waals surface area contributed by atoms with Gasteiger partial charge in [0.1, 0.15) is 5.82 Å². The van der Waals surface area contributed by atoms with Gasteiger partial charge < -0.3 is 9.32 Å². The van der Waals surface area contributed by atoms with Crippen molar-refractivity contribution in [3.05, 3.63) is 82.2 Å². The Morgan fingerprint density at radius 1 is 1.00 bits per heavy atom. The lowest BCUT2D eigenvalue weighted by molar-refractivity contribution is 0.0603. The van der Waals surface area contributed by atoms with Crippen molar-refractivity contribution in [1.29, 1.82) is 0 Å². The molecule has 0 bridgehead atoms. The average molecular weight is 380 g/mol. The Morgan fingerprint density at radius 3 is 2.50 bits per heavy atom. The van der Waals surface area contributed by atoms with Crippen LogP contribution in [0, 0.1) is 5.82 Å². The maximum Gasteiger partial charge on any atom is 0.344 e. The first-order chi connectivity index (χ1) is 13.6. The summed E-state index contributed by atoms with van der Waals surface area (Å²) in [6, 6.07) is 15.6. The van der Waals surface area contributed by atoms with Gasteiger partial charge in [-0.3, -0.25) is 9.69 Å². The lowest BCUT2D eigenvalue weighted by Gasteiger charge is -2.34. The zero-order valence-corrected chi connectivity index (χ0v) is 15.4. The van der Waals surface area contributed by atoms with Gasteiger partial charge in [0.15, 0.2) is 5.76 Å². The molecule has 6 heteroatoms. The summed E-state index contributed by atoms with van der Waals surface area (Å²) in [6.07, 6.45) is 0.972. The van der Waals surface area contributed by atoms with Gasteiger partial charge in [0, 0.05) is 32.7 Å². The standard InChI is InChI=1S/C22H21FN2O3/c23-18-6-7-19-17(14-18)15-20(28-22(19)27)21(26)25-12-10-24(11-13-25)9-8-16-4-2-1-3-5-16/h1-7,14-15H,8-13H2. The molecule has 1 aliphatic heterocycles. The molecule has 3 aromatic rings. The van der Waals surface area contributed by atoms with Crippen molar-refractivity contribution in [3.63, 3.8) is 0 Å². The van der Waals surface area contributed by atoms with Crippen molar-refractivity contribution in [2.24, 2.45) is 0 Å². The molecule has 28 heavy (non-hydrogen) atoms. The van der Waals surface area contributed by atoms with Crippen LogP contribution >= 0.6 is 0 Å². The molecule has 1 aromatic heterocycles. The van der Waals surface area contributed by atoms with Gasteiger partial charge in [-0.15, -0.1) is 0 Å². The van der Waals surface area contributed by atoms with Crippen molar-refractivity contribution >= 4 is 16.7 Å². The molecular formula is C22H21FN2O3. The summed E-state index contributed by atoms with van der Waals surface area (Å²) >= 11 is 0. The average Bonchev–Trinajstić information content (AvgIpc) is 2.72. The molecule has 1 saturated heterocycles. The van der Waals surface area contributed by atoms with Crippen LogP contribution < -0.4 is 5.63 Å². The maximum absolute atomic E-state index is 13.5. The minimum Gasteiger partial charge on any atom is -0.417 e. The van der Waals surface area contributed by atoms with Gasteiger partial charge in [-0.1, -0.05) is 30.3 Å². The first-order valence-corrected chi connectivity index (χ1v) is 9.39. The smallest absolute Gasteiger partial charge is 0.344 e. The van der Waals surface area contributed by atoms with Crippen LogP contribution in [0.25, 0.3) is 10.8 Å². The topological polar surface area (TPSA) is 53.8 Å². The maximum atomic E-state index is 13.5. The first-order valence-electron chi connectivity index (χ1n) is 9.39. The van der Waals surface area contributed by atoms with Crippen molar-refractivity contribution in [3.8, 4) is 0 Å². The number of rotatable bonds is 4. The van der Waals surface area contributed by atoms with Crippen LogP contribution in [0.5, 0.6) is 0 Å². The van der Waals surface area contributed by atoms with E-state index in [0.717, 1.165) is 26.1 Å². The second-order valence-corrected chi connectivity index (χ2v) is 7.00. The first kappa shape index (κ1) is 18.4. The lowest BCUT2D eigenvalue weighted by Crippen LogP contribution is -2.49. The number of carbonyl (C=O) groups is 1. The molecule has 0 spiro atoms. The van der Waals surface area contributed by atoms with Gasteiger partial charge in [-0.05, 0) is 41.6 Å². The van der Waals surface area contributed by atoms with Crippen LogP contribution in [0.2, 0.25) is 0 Å². The van der Waals surface area contributed by atoms with E-state index < -0.39 is 11.4 Å². The van der Waals surface area contributed by atoms with Crippen molar-refractivity contribution < 1.29 is 13.6 Å². The van der Waals surface area contributed by atoms with Gasteiger partial charge in [-0.25, -0.2) is 9.18 Å². The number of benzene rings is 2. The van der Waals surface area contributed by atoms with E-state index in [1.807, 2.05) is 18.2 Å². The van der Waals surface area contributed by atoms with Crippen LogP contribution in [0.15, 0.2) is 63.8 Å². The molecule has 1 fully saturated rings. The van der Waals surface area contributed by atoms with E-state index >= 15 is 0 Å². The highest BCUT2D eigenvalue weighted by molar-refractivity contribution is 5.95. The van der Waals surface area contributed by atoms with E-state index in [2.05, 4.69) is 17.0 Å². The summed E-state index contributed by atoms with van der Waals surface area (Å²) in [5.74, 6) is -0.824. The third kappa shape index (κ3) is 3.97. The fraction of sp³-hybridized carbons (Fsp3) is 0.273. The van der Waals surface area contributed by atoms with Gasteiger partial charge in [0.2, 0.25) is 0 Å². The molecule has 0 aliphatic carbocycles. The van der Waals surface area contributed by atoms with Crippen LogP contribution in [-0.2, 0) is 6.42 Å².